The molecule has 0 atom stereocenters. The summed E-state index contributed by atoms with van der Waals surface area (Å²) in [6.45, 7) is -0.0981. The Bertz CT molecular complexity index is 776. The highest BCUT2D eigenvalue weighted by Gasteiger charge is 2.37. The third-order valence-electron chi connectivity index (χ3n) is 3.39. The number of imide groups is 1. The standard InChI is InChI=1S/C15H10BrFN2O2/c16-8-4-5-9-10(6-8)15(21)19(14(9)20)13-3-1-2-12(17)11(13)7-18/h1-6H,7,18H2. The Balaban J connectivity index is 2.17. The number of carbonyl (C=O) groups excluding carboxylic acids is 2. The predicted octanol–water partition coefficient (Wildman–Crippen LogP) is 2.85. The minimum atomic E-state index is -0.535. The second kappa shape index (κ2) is 5.05. The Morgan fingerprint density at radius 2 is 1.81 bits per heavy atom. The third kappa shape index (κ3) is 2.07. The molecule has 0 unspecified atom stereocenters. The molecule has 0 radical (unpaired) electrons. The van der Waals surface area contributed by atoms with Gasteiger partial charge in [0.25, 0.3) is 11.8 Å². The fourth-order valence-corrected chi connectivity index (χ4v) is 2.75. The lowest BCUT2D eigenvalue weighted by Gasteiger charge is -2.17. The van der Waals surface area contributed by atoms with Gasteiger partial charge in [0.2, 0.25) is 0 Å². The zero-order valence-electron chi connectivity index (χ0n) is 10.8. The van der Waals surface area contributed by atoms with Crippen LogP contribution >= 0.6 is 15.9 Å². The number of halogens is 2. The topological polar surface area (TPSA) is 63.4 Å². The number of benzene rings is 2. The van der Waals surface area contributed by atoms with Gasteiger partial charge in [0.15, 0.2) is 0 Å². The van der Waals surface area contributed by atoms with Crippen LogP contribution in [0.15, 0.2) is 40.9 Å². The summed E-state index contributed by atoms with van der Waals surface area (Å²) in [6, 6.07) is 9.05. The van der Waals surface area contributed by atoms with E-state index < -0.39 is 17.6 Å². The van der Waals surface area contributed by atoms with Crippen molar-refractivity contribution in [3.05, 3.63) is 63.4 Å². The molecular formula is C15H10BrFN2O2. The van der Waals surface area contributed by atoms with Crippen molar-refractivity contribution in [2.75, 3.05) is 4.90 Å². The average molecular weight is 349 g/mol. The van der Waals surface area contributed by atoms with Crippen LogP contribution in [0.1, 0.15) is 26.3 Å². The highest BCUT2D eigenvalue weighted by molar-refractivity contribution is 9.10. The van der Waals surface area contributed by atoms with Gasteiger partial charge >= 0.3 is 0 Å². The first-order valence-electron chi connectivity index (χ1n) is 6.20. The van der Waals surface area contributed by atoms with Crippen molar-refractivity contribution in [1.29, 1.82) is 0 Å². The van der Waals surface area contributed by atoms with Crippen molar-refractivity contribution in [2.24, 2.45) is 5.73 Å². The Hall–Kier alpha value is -2.05. The molecule has 0 fully saturated rings. The van der Waals surface area contributed by atoms with Gasteiger partial charge in [-0.3, -0.25) is 9.59 Å². The zero-order chi connectivity index (χ0) is 15.1. The highest BCUT2D eigenvalue weighted by atomic mass is 79.9. The molecule has 1 aliphatic rings. The monoisotopic (exact) mass is 348 g/mol. The molecule has 0 saturated heterocycles. The van der Waals surface area contributed by atoms with Crippen LogP contribution in [-0.2, 0) is 6.54 Å². The molecule has 2 aromatic rings. The van der Waals surface area contributed by atoms with Gasteiger partial charge in [-0.1, -0.05) is 22.0 Å². The molecule has 0 aromatic heterocycles. The molecule has 1 heterocycles. The third-order valence-corrected chi connectivity index (χ3v) is 3.88. The number of amides is 2. The molecule has 106 valence electrons. The smallest absolute Gasteiger partial charge is 0.266 e. The summed E-state index contributed by atoms with van der Waals surface area (Å²) in [6.07, 6.45) is 0. The molecule has 2 aromatic carbocycles. The van der Waals surface area contributed by atoms with Gasteiger partial charge in [0.05, 0.1) is 16.8 Å². The van der Waals surface area contributed by atoms with Crippen molar-refractivity contribution in [3.63, 3.8) is 0 Å². The van der Waals surface area contributed by atoms with E-state index in [-0.39, 0.29) is 17.8 Å². The van der Waals surface area contributed by atoms with Crippen molar-refractivity contribution in [1.82, 2.24) is 0 Å². The van der Waals surface area contributed by atoms with Crippen LogP contribution in [0.4, 0.5) is 10.1 Å². The van der Waals surface area contributed by atoms with Gasteiger partial charge in [-0.05, 0) is 30.3 Å². The first-order valence-corrected chi connectivity index (χ1v) is 6.99. The molecule has 0 spiro atoms. The SMILES string of the molecule is NCc1c(F)cccc1N1C(=O)c2ccc(Br)cc2C1=O. The van der Waals surface area contributed by atoms with E-state index in [0.29, 0.717) is 15.6 Å². The summed E-state index contributed by atoms with van der Waals surface area (Å²) in [4.78, 5) is 25.9. The van der Waals surface area contributed by atoms with Crippen molar-refractivity contribution in [3.8, 4) is 0 Å². The van der Waals surface area contributed by atoms with Crippen LogP contribution < -0.4 is 10.6 Å². The molecule has 21 heavy (non-hydrogen) atoms. The maximum Gasteiger partial charge on any atom is 0.266 e. The molecule has 2 amide bonds. The minimum absolute atomic E-state index is 0.0981. The Morgan fingerprint density at radius 1 is 1.10 bits per heavy atom. The molecule has 0 bridgehead atoms. The molecule has 6 heteroatoms. The first-order chi connectivity index (χ1) is 10.0. The zero-order valence-corrected chi connectivity index (χ0v) is 12.4. The molecule has 3 rings (SSSR count). The largest absolute Gasteiger partial charge is 0.326 e. The number of nitrogens with zero attached hydrogens (tertiary/aromatic N) is 1. The molecule has 0 saturated carbocycles. The van der Waals surface area contributed by atoms with Crippen LogP contribution in [0, 0.1) is 5.82 Å². The summed E-state index contributed by atoms with van der Waals surface area (Å²) in [5, 5.41) is 0. The number of rotatable bonds is 2. The summed E-state index contributed by atoms with van der Waals surface area (Å²) in [5.41, 5.74) is 6.48. The van der Waals surface area contributed by atoms with E-state index in [9.17, 15) is 14.0 Å². The maximum atomic E-state index is 13.8. The van der Waals surface area contributed by atoms with Gasteiger partial charge in [0.1, 0.15) is 5.82 Å². The van der Waals surface area contributed by atoms with Crippen LogP contribution in [0.2, 0.25) is 0 Å². The van der Waals surface area contributed by atoms with E-state index in [2.05, 4.69) is 15.9 Å². The van der Waals surface area contributed by atoms with Gasteiger partial charge in [-0.25, -0.2) is 9.29 Å². The molecular weight excluding hydrogens is 339 g/mol. The summed E-state index contributed by atoms with van der Waals surface area (Å²) in [7, 11) is 0. The fourth-order valence-electron chi connectivity index (χ4n) is 2.39. The Labute approximate surface area is 128 Å². The Kier molecular flexibility index (Phi) is 3.35. The number of hydrogen-bond acceptors (Lipinski definition) is 3. The number of nitrogens with two attached hydrogens (primary N) is 1. The number of carbonyl (C=O) groups is 2. The lowest BCUT2D eigenvalue weighted by Crippen LogP contribution is -2.31. The molecule has 2 N–H and O–H groups in total. The van der Waals surface area contributed by atoms with Crippen LogP contribution in [0.3, 0.4) is 0 Å². The van der Waals surface area contributed by atoms with Gasteiger partial charge in [-0.2, -0.15) is 0 Å². The number of fused-ring (bicyclic) bond motifs is 1. The van der Waals surface area contributed by atoms with Crippen LogP contribution in [0.5, 0.6) is 0 Å². The van der Waals surface area contributed by atoms with E-state index in [1.54, 1.807) is 18.2 Å². The van der Waals surface area contributed by atoms with E-state index >= 15 is 0 Å². The Morgan fingerprint density at radius 3 is 2.52 bits per heavy atom. The van der Waals surface area contributed by atoms with Crippen molar-refractivity contribution in [2.45, 2.75) is 6.54 Å². The van der Waals surface area contributed by atoms with Crippen LogP contribution in [-0.4, -0.2) is 11.8 Å². The fraction of sp³-hybridized carbons (Fsp3) is 0.0667. The summed E-state index contributed by atoms with van der Waals surface area (Å²) < 4.78 is 14.5. The first kappa shape index (κ1) is 13.9. The van der Waals surface area contributed by atoms with Crippen molar-refractivity contribution >= 4 is 33.4 Å². The highest BCUT2D eigenvalue weighted by Crippen LogP contribution is 2.32. The normalized spacial score (nSPS) is 13.8. The summed E-state index contributed by atoms with van der Waals surface area (Å²) in [5.74, 6) is -1.48. The second-order valence-corrected chi connectivity index (χ2v) is 5.49. The number of hydrogen-bond donors (Lipinski definition) is 1. The minimum Gasteiger partial charge on any atom is -0.326 e. The van der Waals surface area contributed by atoms with Crippen LogP contribution in [0.25, 0.3) is 0 Å². The van der Waals surface area contributed by atoms with Crippen molar-refractivity contribution < 1.29 is 14.0 Å². The number of anilines is 1. The summed E-state index contributed by atoms with van der Waals surface area (Å²) >= 11 is 3.27. The van der Waals surface area contributed by atoms with Gasteiger partial charge in [0, 0.05) is 16.6 Å². The molecule has 0 aliphatic carbocycles. The van der Waals surface area contributed by atoms with Gasteiger partial charge < -0.3 is 5.73 Å². The molecule has 4 nitrogen and oxygen atoms in total. The average Bonchev–Trinajstić information content (AvgIpc) is 2.70. The lowest BCUT2D eigenvalue weighted by atomic mass is 10.1. The predicted molar refractivity (Wildman–Crippen MR) is 79.6 cm³/mol. The van der Waals surface area contributed by atoms with E-state index in [1.807, 2.05) is 0 Å². The van der Waals surface area contributed by atoms with E-state index in [0.717, 1.165) is 4.90 Å². The van der Waals surface area contributed by atoms with Gasteiger partial charge in [-0.15, -0.1) is 0 Å². The van der Waals surface area contributed by atoms with E-state index in [1.165, 1.54) is 18.2 Å². The molecule has 1 aliphatic heterocycles. The van der Waals surface area contributed by atoms with E-state index in [4.69, 9.17) is 5.73 Å². The maximum absolute atomic E-state index is 13.8. The lowest BCUT2D eigenvalue weighted by molar-refractivity contribution is 0.0926. The second-order valence-electron chi connectivity index (χ2n) is 4.58. The quantitative estimate of drug-likeness (QED) is 0.848.